The van der Waals surface area contributed by atoms with Gasteiger partial charge in [0.1, 0.15) is 6.10 Å². The van der Waals surface area contributed by atoms with Gasteiger partial charge in [0.15, 0.2) is 0 Å². The largest absolute Gasteiger partial charge is 0.463 e. The third-order valence-electron chi connectivity index (χ3n) is 3.79. The van der Waals surface area contributed by atoms with Crippen molar-refractivity contribution in [3.63, 3.8) is 0 Å². The van der Waals surface area contributed by atoms with Gasteiger partial charge in [0.25, 0.3) is 0 Å². The van der Waals surface area contributed by atoms with Gasteiger partial charge < -0.3 is 9.47 Å². The lowest BCUT2D eigenvalue weighted by Crippen LogP contribution is -2.14. The molecule has 0 heterocycles. The van der Waals surface area contributed by atoms with Crippen LogP contribution in [0.5, 0.6) is 0 Å². The van der Waals surface area contributed by atoms with Gasteiger partial charge in [-0.3, -0.25) is 9.59 Å². The number of hydrogen-bond acceptors (Lipinski definition) is 4. The van der Waals surface area contributed by atoms with Crippen molar-refractivity contribution in [2.75, 3.05) is 0 Å². The highest BCUT2D eigenvalue weighted by atomic mass is 16.5. The van der Waals surface area contributed by atoms with E-state index in [2.05, 4.69) is 6.92 Å². The molecule has 2 unspecified atom stereocenters. The maximum absolute atomic E-state index is 10.9. The lowest BCUT2D eigenvalue weighted by Gasteiger charge is -2.14. The first kappa shape index (κ1) is 20.9. The first-order chi connectivity index (χ1) is 10.5. The minimum Gasteiger partial charge on any atom is -0.463 e. The Hall–Kier alpha value is -1.06. The number of rotatable bonds is 13. The third-order valence-corrected chi connectivity index (χ3v) is 3.79. The Labute approximate surface area is 135 Å². The molecule has 0 aromatic carbocycles. The van der Waals surface area contributed by atoms with E-state index < -0.39 is 0 Å². The fourth-order valence-electron chi connectivity index (χ4n) is 2.61. The van der Waals surface area contributed by atoms with Crippen LogP contribution in [0.2, 0.25) is 0 Å². The predicted molar refractivity (Wildman–Crippen MR) is 88.6 cm³/mol. The van der Waals surface area contributed by atoms with Gasteiger partial charge in [-0.25, -0.2) is 0 Å². The molecule has 0 bridgehead atoms. The molecule has 0 rings (SSSR count). The third kappa shape index (κ3) is 13.9. The summed E-state index contributed by atoms with van der Waals surface area (Å²) in [5.74, 6) is -0.360. The Morgan fingerprint density at radius 3 is 1.68 bits per heavy atom. The van der Waals surface area contributed by atoms with Gasteiger partial charge in [-0.05, 0) is 39.0 Å². The summed E-state index contributed by atoms with van der Waals surface area (Å²) in [6.07, 6.45) is 11.4. The van der Waals surface area contributed by atoms with E-state index in [4.69, 9.17) is 9.47 Å². The highest BCUT2D eigenvalue weighted by molar-refractivity contribution is 5.66. The lowest BCUT2D eigenvalue weighted by molar-refractivity contribution is -0.147. The molecule has 0 aliphatic heterocycles. The minimum atomic E-state index is -0.188. The molecule has 0 aromatic heterocycles. The van der Waals surface area contributed by atoms with Crippen LogP contribution in [0.1, 0.15) is 91.9 Å². The molecule has 2 atom stereocenters. The molecule has 0 aliphatic rings. The SMILES string of the molecule is CCC(CCCCCCCCCC(C)OC(C)=O)OC(C)=O. The smallest absolute Gasteiger partial charge is 0.302 e. The average molecular weight is 314 g/mol. The van der Waals surface area contributed by atoms with E-state index in [1.165, 1.54) is 46.0 Å². The Morgan fingerprint density at radius 2 is 1.23 bits per heavy atom. The molecule has 0 radical (unpaired) electrons. The molecule has 0 amide bonds. The first-order valence-corrected chi connectivity index (χ1v) is 8.80. The minimum absolute atomic E-state index is 0.0461. The molecular weight excluding hydrogens is 280 g/mol. The van der Waals surface area contributed by atoms with Crippen molar-refractivity contribution in [1.29, 1.82) is 0 Å². The van der Waals surface area contributed by atoms with Crippen molar-refractivity contribution < 1.29 is 19.1 Å². The summed E-state index contributed by atoms with van der Waals surface area (Å²) in [5, 5.41) is 0. The highest BCUT2D eigenvalue weighted by Gasteiger charge is 2.08. The van der Waals surface area contributed by atoms with Crippen molar-refractivity contribution in [1.82, 2.24) is 0 Å². The summed E-state index contributed by atoms with van der Waals surface area (Å²) in [6, 6.07) is 0. The molecule has 0 saturated heterocycles. The number of hydrogen-bond donors (Lipinski definition) is 0. The van der Waals surface area contributed by atoms with Crippen molar-refractivity contribution in [2.24, 2.45) is 0 Å². The van der Waals surface area contributed by atoms with Gasteiger partial charge >= 0.3 is 11.9 Å². The van der Waals surface area contributed by atoms with E-state index in [0.717, 1.165) is 32.1 Å². The van der Waals surface area contributed by atoms with Crippen molar-refractivity contribution in [3.05, 3.63) is 0 Å². The Balaban J connectivity index is 3.36. The maximum Gasteiger partial charge on any atom is 0.302 e. The molecule has 4 nitrogen and oxygen atoms in total. The Morgan fingerprint density at radius 1 is 0.773 bits per heavy atom. The molecule has 4 heteroatoms. The van der Waals surface area contributed by atoms with E-state index in [0.29, 0.717) is 0 Å². The zero-order valence-corrected chi connectivity index (χ0v) is 14.9. The normalized spacial score (nSPS) is 13.5. The van der Waals surface area contributed by atoms with Gasteiger partial charge in [0.05, 0.1) is 6.10 Å². The van der Waals surface area contributed by atoms with Crippen LogP contribution in [0.25, 0.3) is 0 Å². The molecule has 22 heavy (non-hydrogen) atoms. The average Bonchev–Trinajstić information content (AvgIpc) is 2.42. The Kier molecular flexibility index (Phi) is 12.9. The van der Waals surface area contributed by atoms with E-state index >= 15 is 0 Å². The summed E-state index contributed by atoms with van der Waals surface area (Å²) in [5.41, 5.74) is 0. The van der Waals surface area contributed by atoms with E-state index in [1.807, 2.05) is 6.92 Å². The van der Waals surface area contributed by atoms with E-state index in [1.54, 1.807) is 0 Å². The number of carbonyl (C=O) groups excluding carboxylic acids is 2. The molecule has 0 spiro atoms. The molecule has 0 saturated carbocycles. The van der Waals surface area contributed by atoms with Crippen LogP contribution in [0.15, 0.2) is 0 Å². The number of unbranched alkanes of at least 4 members (excludes halogenated alkanes) is 6. The summed E-state index contributed by atoms with van der Waals surface area (Å²) in [7, 11) is 0. The first-order valence-electron chi connectivity index (χ1n) is 8.80. The quantitative estimate of drug-likeness (QED) is 0.362. The monoisotopic (exact) mass is 314 g/mol. The zero-order chi connectivity index (χ0) is 16.8. The summed E-state index contributed by atoms with van der Waals surface area (Å²) in [6.45, 7) is 6.95. The van der Waals surface area contributed by atoms with Crippen LogP contribution in [-0.2, 0) is 19.1 Å². The van der Waals surface area contributed by atoms with Gasteiger partial charge in [0, 0.05) is 13.8 Å². The highest BCUT2D eigenvalue weighted by Crippen LogP contribution is 2.14. The number of carbonyl (C=O) groups is 2. The molecule has 130 valence electrons. The van der Waals surface area contributed by atoms with Crippen molar-refractivity contribution >= 4 is 11.9 Å². The van der Waals surface area contributed by atoms with Crippen LogP contribution in [0.4, 0.5) is 0 Å². The molecule has 0 aromatic rings. The lowest BCUT2D eigenvalue weighted by atomic mass is 10.0. The fraction of sp³-hybridized carbons (Fsp3) is 0.889. The van der Waals surface area contributed by atoms with Gasteiger partial charge in [-0.15, -0.1) is 0 Å². The number of ether oxygens (including phenoxy) is 2. The standard InChI is InChI=1S/C18H34O4/c1-5-18(22-17(4)20)14-12-10-8-6-7-9-11-13-15(2)21-16(3)19/h15,18H,5-14H2,1-4H3. The second kappa shape index (κ2) is 13.6. The number of esters is 2. The summed E-state index contributed by atoms with van der Waals surface area (Å²) >= 11 is 0. The van der Waals surface area contributed by atoms with E-state index in [9.17, 15) is 9.59 Å². The zero-order valence-electron chi connectivity index (χ0n) is 14.9. The molecule has 0 N–H and O–H groups in total. The maximum atomic E-state index is 10.9. The van der Waals surface area contributed by atoms with Crippen LogP contribution in [0.3, 0.4) is 0 Å². The van der Waals surface area contributed by atoms with Gasteiger partial charge in [-0.1, -0.05) is 39.0 Å². The molecular formula is C18H34O4. The van der Waals surface area contributed by atoms with Crippen LogP contribution in [-0.4, -0.2) is 24.1 Å². The summed E-state index contributed by atoms with van der Waals surface area (Å²) in [4.78, 5) is 21.7. The van der Waals surface area contributed by atoms with Gasteiger partial charge in [-0.2, -0.15) is 0 Å². The van der Waals surface area contributed by atoms with E-state index in [-0.39, 0.29) is 24.1 Å². The van der Waals surface area contributed by atoms with Gasteiger partial charge in [0.2, 0.25) is 0 Å². The fourth-order valence-corrected chi connectivity index (χ4v) is 2.61. The van der Waals surface area contributed by atoms with Crippen LogP contribution >= 0.6 is 0 Å². The van der Waals surface area contributed by atoms with Crippen molar-refractivity contribution in [2.45, 2.75) is 104 Å². The topological polar surface area (TPSA) is 52.6 Å². The summed E-state index contributed by atoms with van der Waals surface area (Å²) < 4.78 is 10.3. The van der Waals surface area contributed by atoms with Crippen LogP contribution in [0, 0.1) is 0 Å². The molecule has 0 aliphatic carbocycles. The van der Waals surface area contributed by atoms with Crippen LogP contribution < -0.4 is 0 Å². The molecule has 0 fully saturated rings. The second-order valence-corrected chi connectivity index (χ2v) is 6.11. The van der Waals surface area contributed by atoms with Crippen molar-refractivity contribution in [3.8, 4) is 0 Å². The second-order valence-electron chi connectivity index (χ2n) is 6.11. The Bertz CT molecular complexity index is 301. The predicted octanol–water partition coefficient (Wildman–Crippen LogP) is 4.79.